The molecule has 0 aliphatic heterocycles. The maximum Gasteiger partial charge on any atom is -0.0116 e. The number of hydrogen-bond acceptors (Lipinski definition) is 0. The van der Waals surface area contributed by atoms with Crippen molar-refractivity contribution in [3.8, 4) is 0 Å². The molecule has 0 fully saturated rings. The SMILES string of the molecule is CC=C(C1=CC=C(C(C)(CC)CCCC(C)C)CC1)C(C)=C(C)C(C)CC(C)C. The molecule has 0 aromatic heterocycles. The lowest BCUT2D eigenvalue weighted by atomic mass is 9.71. The van der Waals surface area contributed by atoms with Crippen LogP contribution in [-0.2, 0) is 0 Å². The number of allylic oxidation sites excluding steroid dienone is 8. The van der Waals surface area contributed by atoms with Crippen LogP contribution in [0.4, 0.5) is 0 Å². The summed E-state index contributed by atoms with van der Waals surface area (Å²) in [6.07, 6.45) is 16.2. The predicted octanol–water partition coefficient (Wildman–Crippen LogP) is 9.84. The number of hydrogen-bond donors (Lipinski definition) is 0. The van der Waals surface area contributed by atoms with E-state index in [0.29, 0.717) is 11.3 Å². The number of rotatable bonds is 11. The Bertz CT molecular complexity index is 635. The molecule has 1 aliphatic carbocycles. The monoisotopic (exact) mass is 398 g/mol. The van der Waals surface area contributed by atoms with Crippen LogP contribution in [0.25, 0.3) is 0 Å². The quantitative estimate of drug-likeness (QED) is 0.304. The van der Waals surface area contributed by atoms with Crippen LogP contribution in [0.1, 0.15) is 114 Å². The first-order valence-electron chi connectivity index (χ1n) is 12.3. The Hall–Kier alpha value is -1.04. The Kier molecular flexibility index (Phi) is 10.7. The van der Waals surface area contributed by atoms with Crippen molar-refractivity contribution >= 4 is 0 Å². The van der Waals surface area contributed by atoms with Gasteiger partial charge in [-0.15, -0.1) is 0 Å². The van der Waals surface area contributed by atoms with Gasteiger partial charge in [0.2, 0.25) is 0 Å². The molecule has 0 saturated heterocycles. The maximum absolute atomic E-state index is 2.50. The molecule has 0 spiro atoms. The topological polar surface area (TPSA) is 0 Å². The molecule has 1 rings (SSSR count). The average Bonchev–Trinajstić information content (AvgIpc) is 2.67. The van der Waals surface area contributed by atoms with Gasteiger partial charge in [-0.3, -0.25) is 0 Å². The highest BCUT2D eigenvalue weighted by Crippen LogP contribution is 2.43. The molecule has 0 saturated carbocycles. The molecule has 1 aliphatic rings. The zero-order chi connectivity index (χ0) is 22.2. The second kappa shape index (κ2) is 12.0. The van der Waals surface area contributed by atoms with E-state index in [1.165, 1.54) is 61.7 Å². The summed E-state index contributed by atoms with van der Waals surface area (Å²) >= 11 is 0. The normalized spacial score (nSPS) is 19.7. The van der Waals surface area contributed by atoms with Crippen molar-refractivity contribution in [2.75, 3.05) is 0 Å². The largest absolute Gasteiger partial charge is 0.0798 e. The van der Waals surface area contributed by atoms with Gasteiger partial charge in [0.05, 0.1) is 0 Å². The first kappa shape index (κ1) is 26.0. The Morgan fingerprint density at radius 2 is 1.69 bits per heavy atom. The molecular formula is C29H50. The van der Waals surface area contributed by atoms with E-state index >= 15 is 0 Å². The van der Waals surface area contributed by atoms with Gasteiger partial charge in [-0.1, -0.05) is 90.7 Å². The molecule has 29 heavy (non-hydrogen) atoms. The molecule has 0 radical (unpaired) electrons. The van der Waals surface area contributed by atoms with Gasteiger partial charge in [0.25, 0.3) is 0 Å². The molecule has 0 amide bonds. The minimum atomic E-state index is 0.375. The second-order valence-corrected chi connectivity index (χ2v) is 10.6. The van der Waals surface area contributed by atoms with E-state index in [-0.39, 0.29) is 0 Å². The Morgan fingerprint density at radius 1 is 1.03 bits per heavy atom. The summed E-state index contributed by atoms with van der Waals surface area (Å²) in [5, 5.41) is 0. The smallest absolute Gasteiger partial charge is 0.0116 e. The third-order valence-electron chi connectivity index (χ3n) is 7.41. The summed E-state index contributed by atoms with van der Waals surface area (Å²) < 4.78 is 0. The molecule has 0 heterocycles. The van der Waals surface area contributed by atoms with Crippen LogP contribution >= 0.6 is 0 Å². The van der Waals surface area contributed by atoms with E-state index in [4.69, 9.17) is 0 Å². The lowest BCUT2D eigenvalue weighted by Crippen LogP contribution is -2.20. The zero-order valence-corrected chi connectivity index (χ0v) is 21.4. The molecule has 2 atom stereocenters. The minimum absolute atomic E-state index is 0.375. The molecule has 0 nitrogen and oxygen atoms in total. The van der Waals surface area contributed by atoms with E-state index in [1.807, 2.05) is 0 Å². The summed E-state index contributed by atoms with van der Waals surface area (Å²) in [7, 11) is 0. The summed E-state index contributed by atoms with van der Waals surface area (Å²) in [6.45, 7) is 23.5. The van der Waals surface area contributed by atoms with Gasteiger partial charge >= 0.3 is 0 Å². The van der Waals surface area contributed by atoms with Crippen molar-refractivity contribution in [3.05, 3.63) is 46.1 Å². The predicted molar refractivity (Wildman–Crippen MR) is 133 cm³/mol. The van der Waals surface area contributed by atoms with Crippen molar-refractivity contribution in [3.63, 3.8) is 0 Å². The molecule has 0 bridgehead atoms. The molecule has 0 heteroatoms. The molecule has 166 valence electrons. The van der Waals surface area contributed by atoms with E-state index in [2.05, 4.69) is 87.5 Å². The third-order valence-corrected chi connectivity index (χ3v) is 7.41. The van der Waals surface area contributed by atoms with Crippen molar-refractivity contribution in [1.29, 1.82) is 0 Å². The average molecular weight is 399 g/mol. The van der Waals surface area contributed by atoms with Crippen molar-refractivity contribution in [2.24, 2.45) is 23.2 Å². The van der Waals surface area contributed by atoms with Gasteiger partial charge in [0.1, 0.15) is 0 Å². The van der Waals surface area contributed by atoms with Gasteiger partial charge in [0, 0.05) is 0 Å². The van der Waals surface area contributed by atoms with Gasteiger partial charge < -0.3 is 0 Å². The zero-order valence-electron chi connectivity index (χ0n) is 21.4. The van der Waals surface area contributed by atoms with E-state index in [9.17, 15) is 0 Å². The van der Waals surface area contributed by atoms with Crippen LogP contribution in [0.3, 0.4) is 0 Å². The minimum Gasteiger partial charge on any atom is -0.0798 e. The first-order chi connectivity index (χ1) is 13.6. The van der Waals surface area contributed by atoms with Crippen molar-refractivity contribution in [1.82, 2.24) is 0 Å². The summed E-state index contributed by atoms with van der Waals surface area (Å²) in [5.74, 6) is 2.23. The lowest BCUT2D eigenvalue weighted by molar-refractivity contribution is 0.316. The highest BCUT2D eigenvalue weighted by atomic mass is 14.3. The Morgan fingerprint density at radius 3 is 2.14 bits per heavy atom. The molecule has 0 aromatic carbocycles. The van der Waals surface area contributed by atoms with Crippen LogP contribution in [0, 0.1) is 23.2 Å². The van der Waals surface area contributed by atoms with Crippen LogP contribution in [0.15, 0.2) is 46.1 Å². The van der Waals surface area contributed by atoms with Crippen LogP contribution < -0.4 is 0 Å². The fraction of sp³-hybridized carbons (Fsp3) is 0.724. The maximum atomic E-state index is 2.50. The van der Waals surface area contributed by atoms with E-state index in [1.54, 1.807) is 11.1 Å². The molecular weight excluding hydrogens is 348 g/mol. The van der Waals surface area contributed by atoms with Gasteiger partial charge in [-0.25, -0.2) is 0 Å². The van der Waals surface area contributed by atoms with Crippen LogP contribution in [0.5, 0.6) is 0 Å². The molecule has 0 aromatic rings. The van der Waals surface area contributed by atoms with Crippen LogP contribution in [-0.4, -0.2) is 0 Å². The van der Waals surface area contributed by atoms with Crippen molar-refractivity contribution in [2.45, 2.75) is 114 Å². The lowest BCUT2D eigenvalue weighted by Gasteiger charge is -2.34. The van der Waals surface area contributed by atoms with E-state index in [0.717, 1.165) is 11.8 Å². The highest BCUT2D eigenvalue weighted by Gasteiger charge is 2.28. The fourth-order valence-corrected chi connectivity index (χ4v) is 4.94. The highest BCUT2D eigenvalue weighted by molar-refractivity contribution is 5.50. The van der Waals surface area contributed by atoms with Crippen molar-refractivity contribution < 1.29 is 0 Å². The van der Waals surface area contributed by atoms with Gasteiger partial charge in [-0.2, -0.15) is 0 Å². The third kappa shape index (κ3) is 7.62. The first-order valence-corrected chi connectivity index (χ1v) is 12.3. The van der Waals surface area contributed by atoms with Gasteiger partial charge in [0.15, 0.2) is 0 Å². The Labute approximate surface area is 183 Å². The Balaban J connectivity index is 3.03. The fourth-order valence-electron chi connectivity index (χ4n) is 4.94. The second-order valence-electron chi connectivity index (χ2n) is 10.6. The standard InChI is InChI=1S/C29H50/c1-11-28(25(9)24(8)23(7)20-22(5)6)26-15-17-27(18-16-26)29(10,12-2)19-13-14-21(3)4/h11,15,17,21-23H,12-14,16,18-20H2,1-10H3. The van der Waals surface area contributed by atoms with E-state index < -0.39 is 0 Å². The summed E-state index contributed by atoms with van der Waals surface area (Å²) in [4.78, 5) is 0. The summed E-state index contributed by atoms with van der Waals surface area (Å²) in [5.41, 5.74) is 8.12. The molecule has 2 unspecified atom stereocenters. The summed E-state index contributed by atoms with van der Waals surface area (Å²) in [6, 6.07) is 0. The molecule has 0 N–H and O–H groups in total. The van der Waals surface area contributed by atoms with Crippen LogP contribution in [0.2, 0.25) is 0 Å². The van der Waals surface area contributed by atoms with Gasteiger partial charge in [-0.05, 0) is 92.8 Å².